The summed E-state index contributed by atoms with van der Waals surface area (Å²) in [5.41, 5.74) is 3.91. The van der Waals surface area contributed by atoms with Gasteiger partial charge in [0.2, 0.25) is 5.91 Å². The van der Waals surface area contributed by atoms with Gasteiger partial charge in [0.25, 0.3) is 5.91 Å². The topological polar surface area (TPSA) is 87.7 Å². The Morgan fingerprint density at radius 1 is 0.826 bits per heavy atom. The molecule has 0 bridgehead atoms. The monoisotopic (exact) mass is 647 g/mol. The van der Waals surface area contributed by atoms with Crippen LogP contribution in [0.2, 0.25) is 5.02 Å². The van der Waals surface area contributed by atoms with Crippen LogP contribution in [-0.4, -0.2) is 40.5 Å². The Balaban J connectivity index is 2.21. The molecule has 7 nitrogen and oxygen atoms in total. The summed E-state index contributed by atoms with van der Waals surface area (Å²) in [6, 6.07) is 18.4. The van der Waals surface area contributed by atoms with Crippen molar-refractivity contribution in [3.05, 3.63) is 99.6 Å². The van der Waals surface area contributed by atoms with Gasteiger partial charge >= 0.3 is 6.09 Å². The lowest BCUT2D eigenvalue weighted by atomic mass is 9.91. The van der Waals surface area contributed by atoms with Gasteiger partial charge in [0, 0.05) is 12.5 Å². The number of rotatable bonds is 12. The van der Waals surface area contributed by atoms with Crippen LogP contribution in [0.1, 0.15) is 88.2 Å². The lowest BCUT2D eigenvalue weighted by Gasteiger charge is -2.40. The fourth-order valence-electron chi connectivity index (χ4n) is 5.63. The Labute approximate surface area is 280 Å². The lowest BCUT2D eigenvalue weighted by molar-refractivity contribution is -0.143. The van der Waals surface area contributed by atoms with Crippen molar-refractivity contribution in [1.29, 1.82) is 0 Å². The fraction of sp³-hybridized carbons (Fsp3) is 0.447. The minimum atomic E-state index is -1.01. The third-order valence-electron chi connectivity index (χ3n) is 7.98. The predicted octanol–water partition coefficient (Wildman–Crippen LogP) is 8.73. The van der Waals surface area contributed by atoms with Crippen molar-refractivity contribution in [2.75, 3.05) is 5.32 Å². The summed E-state index contributed by atoms with van der Waals surface area (Å²) >= 11 is 6.57. The average molecular weight is 648 g/mol. The van der Waals surface area contributed by atoms with Gasteiger partial charge in [0.05, 0.1) is 10.7 Å². The van der Waals surface area contributed by atoms with Crippen molar-refractivity contribution < 1.29 is 19.1 Å². The Bertz CT molecular complexity index is 1460. The van der Waals surface area contributed by atoms with Crippen LogP contribution < -0.4 is 10.6 Å². The Morgan fingerprint density at radius 2 is 1.41 bits per heavy atom. The molecule has 0 fully saturated rings. The van der Waals surface area contributed by atoms with Crippen molar-refractivity contribution in [3.63, 3.8) is 0 Å². The number of anilines is 1. The normalized spacial score (nSPS) is 13.5. The van der Waals surface area contributed by atoms with E-state index in [0.29, 0.717) is 23.0 Å². The highest BCUT2D eigenvalue weighted by Crippen LogP contribution is 2.34. The molecule has 46 heavy (non-hydrogen) atoms. The first-order valence-corrected chi connectivity index (χ1v) is 16.4. The number of hydrogen-bond donors (Lipinski definition) is 2. The van der Waals surface area contributed by atoms with E-state index in [1.165, 1.54) is 0 Å². The number of alkyl carbamates (subject to hydrolysis) is 1. The van der Waals surface area contributed by atoms with Gasteiger partial charge < -0.3 is 20.3 Å². The summed E-state index contributed by atoms with van der Waals surface area (Å²) in [6.45, 7) is 17.4. The highest BCUT2D eigenvalue weighted by molar-refractivity contribution is 6.34. The molecule has 3 unspecified atom stereocenters. The number of carbonyl (C=O) groups excluding carboxylic acids is 3. The predicted molar refractivity (Wildman–Crippen MR) is 187 cm³/mol. The van der Waals surface area contributed by atoms with Crippen LogP contribution in [0.4, 0.5) is 10.5 Å². The molecule has 0 aromatic heterocycles. The molecular formula is C38H50ClN3O4. The maximum atomic E-state index is 15.0. The quantitative estimate of drug-likeness (QED) is 0.206. The van der Waals surface area contributed by atoms with E-state index in [1.54, 1.807) is 31.7 Å². The molecular weight excluding hydrogens is 598 g/mol. The number of amides is 3. The summed E-state index contributed by atoms with van der Waals surface area (Å²) < 4.78 is 5.60. The van der Waals surface area contributed by atoms with Gasteiger partial charge in [0.1, 0.15) is 17.7 Å². The number of halogens is 1. The van der Waals surface area contributed by atoms with Gasteiger partial charge in [-0.3, -0.25) is 9.59 Å². The molecule has 0 aliphatic rings. The van der Waals surface area contributed by atoms with Crippen molar-refractivity contribution in [2.45, 2.75) is 105 Å². The summed E-state index contributed by atoms with van der Waals surface area (Å²) in [5, 5.41) is 6.34. The highest BCUT2D eigenvalue weighted by Gasteiger charge is 2.40. The second kappa shape index (κ2) is 16.1. The van der Waals surface area contributed by atoms with Crippen LogP contribution in [0.25, 0.3) is 0 Å². The molecule has 248 valence electrons. The molecule has 0 heterocycles. The Kier molecular flexibility index (Phi) is 12.8. The van der Waals surface area contributed by atoms with Gasteiger partial charge in [-0.15, -0.1) is 0 Å². The van der Waals surface area contributed by atoms with E-state index in [1.807, 2.05) is 88.4 Å². The summed E-state index contributed by atoms with van der Waals surface area (Å²) in [6.07, 6.45) is 1.03. The van der Waals surface area contributed by atoms with E-state index >= 15 is 4.79 Å². The highest BCUT2D eigenvalue weighted by atomic mass is 35.5. The third-order valence-corrected chi connectivity index (χ3v) is 8.29. The average Bonchev–Trinajstić information content (AvgIpc) is 2.96. The van der Waals surface area contributed by atoms with E-state index in [-0.39, 0.29) is 24.3 Å². The molecule has 0 saturated carbocycles. The molecule has 0 radical (unpaired) electrons. The second-order valence-corrected chi connectivity index (χ2v) is 14.0. The molecule has 3 amide bonds. The van der Waals surface area contributed by atoms with Crippen LogP contribution in [0, 0.1) is 26.7 Å². The van der Waals surface area contributed by atoms with Crippen molar-refractivity contribution in [3.8, 4) is 0 Å². The molecule has 0 aliphatic heterocycles. The first-order chi connectivity index (χ1) is 21.6. The van der Waals surface area contributed by atoms with E-state index in [2.05, 4.69) is 24.5 Å². The Morgan fingerprint density at radius 3 is 1.98 bits per heavy atom. The van der Waals surface area contributed by atoms with E-state index < -0.39 is 23.8 Å². The molecule has 8 heteroatoms. The third kappa shape index (κ3) is 10.1. The van der Waals surface area contributed by atoms with Gasteiger partial charge in [-0.2, -0.15) is 0 Å². The van der Waals surface area contributed by atoms with Crippen molar-refractivity contribution in [1.82, 2.24) is 10.2 Å². The van der Waals surface area contributed by atoms with Crippen LogP contribution in [0.15, 0.2) is 66.7 Å². The number of nitrogens with one attached hydrogen (secondary N) is 2. The Hall–Kier alpha value is -3.84. The number of ether oxygens (including phenoxy) is 1. The second-order valence-electron chi connectivity index (χ2n) is 13.6. The largest absolute Gasteiger partial charge is 0.444 e. The summed E-state index contributed by atoms with van der Waals surface area (Å²) in [4.78, 5) is 44.5. The minimum absolute atomic E-state index is 0.219. The first kappa shape index (κ1) is 36.6. The number of hydrogen-bond acceptors (Lipinski definition) is 4. The maximum Gasteiger partial charge on any atom is 0.408 e. The van der Waals surface area contributed by atoms with E-state index in [0.717, 1.165) is 34.2 Å². The molecule has 3 atom stereocenters. The van der Waals surface area contributed by atoms with Gasteiger partial charge in [-0.05, 0) is 101 Å². The number of aryl methyl sites for hydroxylation is 3. The zero-order valence-corrected chi connectivity index (χ0v) is 29.5. The smallest absolute Gasteiger partial charge is 0.408 e. The van der Waals surface area contributed by atoms with Crippen molar-refractivity contribution in [2.24, 2.45) is 5.92 Å². The van der Waals surface area contributed by atoms with E-state index in [9.17, 15) is 9.59 Å². The van der Waals surface area contributed by atoms with Crippen LogP contribution >= 0.6 is 11.6 Å². The van der Waals surface area contributed by atoms with Crippen molar-refractivity contribution >= 4 is 35.2 Å². The molecule has 0 saturated heterocycles. The fourth-order valence-corrected chi connectivity index (χ4v) is 5.90. The van der Waals surface area contributed by atoms with Gasteiger partial charge in [-0.25, -0.2) is 4.79 Å². The summed E-state index contributed by atoms with van der Waals surface area (Å²) in [5.74, 6) is -0.364. The van der Waals surface area contributed by atoms with Crippen LogP contribution in [0.5, 0.6) is 0 Å². The molecule has 3 aromatic rings. The van der Waals surface area contributed by atoms with Crippen LogP contribution in [-0.2, 0) is 20.7 Å². The molecule has 2 N–H and O–H groups in total. The summed E-state index contributed by atoms with van der Waals surface area (Å²) in [7, 11) is 0. The zero-order valence-electron chi connectivity index (χ0n) is 28.7. The van der Waals surface area contributed by atoms with Gasteiger partial charge in [-0.1, -0.05) is 86.1 Å². The number of benzene rings is 3. The van der Waals surface area contributed by atoms with E-state index in [4.69, 9.17) is 16.3 Å². The lowest BCUT2D eigenvalue weighted by Crippen LogP contribution is -2.56. The molecule has 0 aliphatic carbocycles. The SMILES string of the molecule is Cc1cccc(Cl)c1NC(=O)C(c1c(C)cccc1C)N(C(=O)C(Cc1ccccc1)NC(=O)OC(C)(C)C)C(C)CCC(C)C. The number of carbonyl (C=O) groups is 3. The number of nitrogens with zero attached hydrogens (tertiary/aromatic N) is 1. The molecule has 3 rings (SSSR count). The molecule has 3 aromatic carbocycles. The number of para-hydroxylation sites is 1. The zero-order chi connectivity index (χ0) is 34.2. The van der Waals surface area contributed by atoms with Crippen LogP contribution in [0.3, 0.4) is 0 Å². The molecule has 0 spiro atoms. The standard InChI is InChI=1S/C38H50ClN3O4/c1-24(2)21-22-28(6)42(36(44)31(23-29-18-11-10-12-19-29)40-37(45)46-38(7,8)9)34(32-25(3)15-13-16-26(32)4)35(43)41-33-27(5)17-14-20-30(33)39/h10-20,24,28,31,34H,21-23H2,1-9H3,(H,40,45)(H,41,43). The first-order valence-electron chi connectivity index (χ1n) is 16.1. The minimum Gasteiger partial charge on any atom is -0.444 e. The maximum absolute atomic E-state index is 15.0. The van der Waals surface area contributed by atoms with Gasteiger partial charge in [0.15, 0.2) is 0 Å².